The number of aliphatic hydroxyl groups is 1. The van der Waals surface area contributed by atoms with Crippen molar-refractivity contribution in [1.82, 2.24) is 5.32 Å². The molecule has 0 aromatic heterocycles. The van der Waals surface area contributed by atoms with E-state index >= 15 is 0 Å². The van der Waals surface area contributed by atoms with Crippen molar-refractivity contribution in [2.45, 2.75) is 6.42 Å². The van der Waals surface area contributed by atoms with Gasteiger partial charge in [-0.3, -0.25) is 0 Å². The number of aliphatic hydroxyl groups excluding tert-OH is 1. The van der Waals surface area contributed by atoms with E-state index in [1.807, 2.05) is 12.1 Å². The second kappa shape index (κ2) is 6.38. The van der Waals surface area contributed by atoms with Crippen LogP contribution in [-0.2, 0) is 6.42 Å². The largest absolute Gasteiger partial charge is 0.497 e. The van der Waals surface area contributed by atoms with Crippen LogP contribution >= 0.6 is 0 Å². The zero-order chi connectivity index (χ0) is 12.8. The molecule has 0 aliphatic heterocycles. The minimum atomic E-state index is 0.192. The van der Waals surface area contributed by atoms with Crippen LogP contribution in [0.15, 0.2) is 36.4 Å². The van der Waals surface area contributed by atoms with Crippen LogP contribution in [0.4, 0.5) is 0 Å². The third-order valence-corrected chi connectivity index (χ3v) is 2.99. The van der Waals surface area contributed by atoms with Crippen LogP contribution in [0, 0.1) is 0 Å². The quantitative estimate of drug-likeness (QED) is 0.765. The summed E-state index contributed by atoms with van der Waals surface area (Å²) in [6.45, 7) is 1.74. The summed E-state index contributed by atoms with van der Waals surface area (Å²) in [6, 6.07) is 12.6. The Morgan fingerprint density at radius 3 is 2.61 bits per heavy atom. The second-order valence-corrected chi connectivity index (χ2v) is 4.27. The molecule has 0 radical (unpaired) electrons. The highest BCUT2D eigenvalue weighted by Gasteiger charge is 1.99. The zero-order valence-electron chi connectivity index (χ0n) is 10.6. The molecule has 2 N–H and O–H groups in total. The number of benzene rings is 2. The third-order valence-electron chi connectivity index (χ3n) is 2.99. The molecule has 0 bridgehead atoms. The van der Waals surface area contributed by atoms with Crippen LogP contribution in [0.1, 0.15) is 5.56 Å². The molecule has 0 aliphatic rings. The summed E-state index contributed by atoms with van der Waals surface area (Å²) >= 11 is 0. The first kappa shape index (κ1) is 12.9. The standard InChI is InChI=1S/C15H19NO2/c1-18-15-5-4-13-10-12(2-3-14(13)11-15)6-7-16-8-9-17/h2-5,10-11,16-17H,6-9H2,1H3. The molecule has 2 rings (SSSR count). The van der Waals surface area contributed by atoms with Gasteiger partial charge in [0.15, 0.2) is 0 Å². The first-order chi connectivity index (χ1) is 8.83. The molecule has 0 saturated carbocycles. The minimum Gasteiger partial charge on any atom is -0.497 e. The molecule has 2 aromatic carbocycles. The molecule has 0 amide bonds. The summed E-state index contributed by atoms with van der Waals surface area (Å²) in [7, 11) is 1.68. The first-order valence-electron chi connectivity index (χ1n) is 6.22. The summed E-state index contributed by atoms with van der Waals surface area (Å²) < 4.78 is 5.21. The van der Waals surface area contributed by atoms with E-state index < -0.39 is 0 Å². The van der Waals surface area contributed by atoms with Crippen molar-refractivity contribution in [3.8, 4) is 5.75 Å². The van der Waals surface area contributed by atoms with Crippen molar-refractivity contribution in [3.05, 3.63) is 42.0 Å². The van der Waals surface area contributed by atoms with Crippen LogP contribution in [0.5, 0.6) is 5.75 Å². The molecule has 0 aliphatic carbocycles. The fourth-order valence-corrected chi connectivity index (χ4v) is 1.99. The van der Waals surface area contributed by atoms with E-state index in [-0.39, 0.29) is 6.61 Å². The van der Waals surface area contributed by atoms with Crippen molar-refractivity contribution < 1.29 is 9.84 Å². The van der Waals surface area contributed by atoms with Gasteiger partial charge in [0.05, 0.1) is 13.7 Å². The highest BCUT2D eigenvalue weighted by Crippen LogP contribution is 2.21. The van der Waals surface area contributed by atoms with Gasteiger partial charge in [0, 0.05) is 6.54 Å². The lowest BCUT2D eigenvalue weighted by Gasteiger charge is -2.06. The average Bonchev–Trinajstić information content (AvgIpc) is 2.43. The highest BCUT2D eigenvalue weighted by atomic mass is 16.5. The Morgan fingerprint density at radius 1 is 1.06 bits per heavy atom. The van der Waals surface area contributed by atoms with Gasteiger partial charge >= 0.3 is 0 Å². The summed E-state index contributed by atoms with van der Waals surface area (Å²) in [4.78, 5) is 0. The first-order valence-corrected chi connectivity index (χ1v) is 6.22. The van der Waals surface area contributed by atoms with Gasteiger partial charge in [0.2, 0.25) is 0 Å². The number of methoxy groups -OCH3 is 1. The van der Waals surface area contributed by atoms with Crippen molar-refractivity contribution in [3.63, 3.8) is 0 Å². The number of nitrogens with one attached hydrogen (secondary N) is 1. The molecular weight excluding hydrogens is 226 g/mol. The lowest BCUT2D eigenvalue weighted by Crippen LogP contribution is -2.20. The molecule has 2 aromatic rings. The highest BCUT2D eigenvalue weighted by molar-refractivity contribution is 5.84. The molecular formula is C15H19NO2. The summed E-state index contributed by atoms with van der Waals surface area (Å²) in [5.41, 5.74) is 1.30. The Hall–Kier alpha value is -1.58. The van der Waals surface area contributed by atoms with Crippen LogP contribution < -0.4 is 10.1 Å². The Morgan fingerprint density at radius 2 is 1.83 bits per heavy atom. The van der Waals surface area contributed by atoms with Crippen molar-refractivity contribution in [1.29, 1.82) is 0 Å². The molecule has 0 unspecified atom stereocenters. The fourth-order valence-electron chi connectivity index (χ4n) is 1.99. The Bertz CT molecular complexity index is 511. The third kappa shape index (κ3) is 3.22. The number of rotatable bonds is 6. The van der Waals surface area contributed by atoms with Crippen LogP contribution in [0.3, 0.4) is 0 Å². The number of fused-ring (bicyclic) bond motifs is 1. The Kier molecular flexibility index (Phi) is 4.56. The molecule has 0 spiro atoms. The minimum absolute atomic E-state index is 0.192. The molecule has 3 heteroatoms. The Labute approximate surface area is 107 Å². The van der Waals surface area contributed by atoms with Crippen LogP contribution in [-0.4, -0.2) is 31.9 Å². The van der Waals surface area contributed by atoms with E-state index in [2.05, 4.69) is 29.6 Å². The lowest BCUT2D eigenvalue weighted by molar-refractivity contribution is 0.293. The second-order valence-electron chi connectivity index (χ2n) is 4.27. The number of hydrogen-bond acceptors (Lipinski definition) is 3. The van der Waals surface area contributed by atoms with Crippen molar-refractivity contribution >= 4 is 10.8 Å². The maximum absolute atomic E-state index is 8.68. The van der Waals surface area contributed by atoms with Gasteiger partial charge in [-0.2, -0.15) is 0 Å². The van der Waals surface area contributed by atoms with Crippen molar-refractivity contribution in [2.24, 2.45) is 0 Å². The van der Waals surface area contributed by atoms with Gasteiger partial charge in [-0.15, -0.1) is 0 Å². The Balaban J connectivity index is 2.08. The maximum atomic E-state index is 8.68. The topological polar surface area (TPSA) is 41.5 Å². The summed E-state index contributed by atoms with van der Waals surface area (Å²) in [5.74, 6) is 0.889. The molecule has 0 saturated heterocycles. The average molecular weight is 245 g/mol. The van der Waals surface area contributed by atoms with E-state index in [1.54, 1.807) is 7.11 Å². The number of ether oxygens (including phenoxy) is 1. The van der Waals surface area contributed by atoms with Crippen LogP contribution in [0.2, 0.25) is 0 Å². The van der Waals surface area contributed by atoms with Gasteiger partial charge in [0.1, 0.15) is 5.75 Å². The lowest BCUT2D eigenvalue weighted by atomic mass is 10.0. The van der Waals surface area contributed by atoms with Gasteiger partial charge in [-0.05, 0) is 41.4 Å². The fraction of sp³-hybridized carbons (Fsp3) is 0.333. The van der Waals surface area contributed by atoms with Crippen LogP contribution in [0.25, 0.3) is 10.8 Å². The molecule has 3 nitrogen and oxygen atoms in total. The summed E-state index contributed by atoms with van der Waals surface area (Å²) in [5, 5.41) is 14.3. The maximum Gasteiger partial charge on any atom is 0.119 e. The smallest absolute Gasteiger partial charge is 0.119 e. The van der Waals surface area contributed by atoms with Gasteiger partial charge in [-0.1, -0.05) is 24.3 Å². The van der Waals surface area contributed by atoms with Gasteiger partial charge in [0.25, 0.3) is 0 Å². The summed E-state index contributed by atoms with van der Waals surface area (Å²) in [6.07, 6.45) is 0.974. The normalized spacial score (nSPS) is 10.8. The van der Waals surface area contributed by atoms with Gasteiger partial charge in [-0.25, -0.2) is 0 Å². The van der Waals surface area contributed by atoms with Crippen molar-refractivity contribution in [2.75, 3.05) is 26.8 Å². The van der Waals surface area contributed by atoms with E-state index in [0.717, 1.165) is 18.7 Å². The predicted octanol–water partition coefficient (Wildman–Crippen LogP) is 1.97. The molecule has 0 fully saturated rings. The zero-order valence-corrected chi connectivity index (χ0v) is 10.6. The SMILES string of the molecule is COc1ccc2cc(CCNCCO)ccc2c1. The monoisotopic (exact) mass is 245 g/mol. The van der Waals surface area contributed by atoms with Gasteiger partial charge < -0.3 is 15.2 Å². The van der Waals surface area contributed by atoms with E-state index in [9.17, 15) is 0 Å². The molecule has 0 heterocycles. The molecule has 18 heavy (non-hydrogen) atoms. The van der Waals surface area contributed by atoms with E-state index in [4.69, 9.17) is 9.84 Å². The van der Waals surface area contributed by atoms with E-state index in [1.165, 1.54) is 16.3 Å². The van der Waals surface area contributed by atoms with E-state index in [0.29, 0.717) is 6.54 Å². The molecule has 96 valence electrons. The predicted molar refractivity (Wildman–Crippen MR) is 74.2 cm³/mol. The molecule has 0 atom stereocenters. The number of hydrogen-bond donors (Lipinski definition) is 2.